The van der Waals surface area contributed by atoms with Gasteiger partial charge in [0.15, 0.2) is 16.9 Å². The maximum absolute atomic E-state index is 15.3. The number of aromatic amines is 2. The van der Waals surface area contributed by atoms with Crippen molar-refractivity contribution in [2.24, 2.45) is 0 Å². The molecule has 0 saturated carbocycles. The number of halogens is 8. The Hall–Kier alpha value is -5.55. The normalized spacial score (nSPS) is 11.9. The summed E-state index contributed by atoms with van der Waals surface area (Å²) in [5.74, 6) is -9.98. The third kappa shape index (κ3) is 4.34. The van der Waals surface area contributed by atoms with Crippen molar-refractivity contribution in [1.82, 2.24) is 29.9 Å². The van der Waals surface area contributed by atoms with Gasteiger partial charge in [0.05, 0.1) is 21.7 Å². The average Bonchev–Trinajstić information content (AvgIpc) is 3.80. The van der Waals surface area contributed by atoms with Crippen molar-refractivity contribution in [1.29, 1.82) is 0 Å². The number of hydrogen-bond donors (Lipinski definition) is 0. The van der Waals surface area contributed by atoms with Crippen LogP contribution in [0.5, 0.6) is 0 Å². The van der Waals surface area contributed by atoms with E-state index < -0.39 is 136 Å². The summed E-state index contributed by atoms with van der Waals surface area (Å²) in [6, 6.07) is 6.29. The van der Waals surface area contributed by atoms with Crippen LogP contribution in [0.25, 0.3) is 89.7 Å². The van der Waals surface area contributed by atoms with Crippen LogP contribution in [-0.2, 0) is 0 Å². The van der Waals surface area contributed by atoms with Crippen LogP contribution in [-0.4, -0.2) is 43.0 Å². The number of nitrogens with one attached hydrogen (secondary N) is 2. The molecular formula is C32H10F8MgN8+2. The summed E-state index contributed by atoms with van der Waals surface area (Å²) in [5.41, 5.74) is -4.17. The Balaban J connectivity index is 0.00000348. The molecule has 0 atom stereocenters. The fourth-order valence-corrected chi connectivity index (χ4v) is 5.99. The molecule has 234 valence electrons. The first-order chi connectivity index (χ1) is 23.1. The van der Waals surface area contributed by atoms with Crippen LogP contribution >= 0.6 is 0 Å². The van der Waals surface area contributed by atoms with E-state index >= 15 is 35.1 Å². The van der Waals surface area contributed by atoms with Gasteiger partial charge in [-0.2, -0.15) is 0 Å². The van der Waals surface area contributed by atoms with Gasteiger partial charge in [0.25, 0.3) is 17.5 Å². The van der Waals surface area contributed by atoms with Gasteiger partial charge in [-0.3, -0.25) is 9.97 Å². The molecule has 0 unspecified atom stereocenters. The van der Waals surface area contributed by atoms with Gasteiger partial charge in [0.1, 0.15) is 69.1 Å². The van der Waals surface area contributed by atoms with Crippen LogP contribution in [0.1, 0.15) is 0 Å². The monoisotopic (exact) mass is 682 g/mol. The summed E-state index contributed by atoms with van der Waals surface area (Å²) >= 11 is 0. The summed E-state index contributed by atoms with van der Waals surface area (Å²) in [7, 11) is 0. The second-order valence-electron chi connectivity index (χ2n) is 10.7. The number of hydrogen-bond acceptors (Lipinski definition) is 4. The Labute approximate surface area is 282 Å². The predicted octanol–water partition coefficient (Wildman–Crippen LogP) is 5.70. The van der Waals surface area contributed by atoms with E-state index in [9.17, 15) is 0 Å². The molecule has 4 aromatic carbocycles. The molecule has 2 N–H and O–H groups in total. The van der Waals surface area contributed by atoms with Crippen molar-refractivity contribution in [3.8, 4) is 45.6 Å². The second-order valence-corrected chi connectivity index (χ2v) is 10.7. The molecule has 17 heteroatoms. The number of nitrogens with zero attached hydrogens (tertiary/aromatic N) is 6. The Morgan fingerprint density at radius 1 is 0.347 bits per heavy atom. The molecule has 2 aliphatic heterocycles. The first-order valence-electron chi connectivity index (χ1n) is 13.8. The van der Waals surface area contributed by atoms with E-state index in [0.29, 0.717) is 0 Å². The molecule has 7 aromatic rings. The zero-order valence-corrected chi connectivity index (χ0v) is 25.4. The summed E-state index contributed by atoms with van der Waals surface area (Å²) < 4.78 is 123. The largest absolute Gasteiger partial charge is 2.00 e. The van der Waals surface area contributed by atoms with Gasteiger partial charge in [-0.25, -0.2) is 40.1 Å². The van der Waals surface area contributed by atoms with Crippen molar-refractivity contribution in [2.45, 2.75) is 0 Å². The van der Waals surface area contributed by atoms with E-state index in [0.717, 1.165) is 48.5 Å². The minimum absolute atomic E-state index is 0. The van der Waals surface area contributed by atoms with Crippen LogP contribution in [0.2, 0.25) is 0 Å². The van der Waals surface area contributed by atoms with Crippen molar-refractivity contribution in [2.75, 3.05) is 0 Å². The van der Waals surface area contributed by atoms with Gasteiger partial charge in [0, 0.05) is 11.0 Å². The first kappa shape index (κ1) is 30.8. The van der Waals surface area contributed by atoms with E-state index in [2.05, 4.69) is 39.9 Å². The van der Waals surface area contributed by atoms with Gasteiger partial charge in [0.2, 0.25) is 0 Å². The summed E-state index contributed by atoms with van der Waals surface area (Å²) in [5, 5.41) is -2.08. The smallest absolute Gasteiger partial charge is 0.331 e. The predicted molar refractivity (Wildman–Crippen MR) is 157 cm³/mol. The van der Waals surface area contributed by atoms with Gasteiger partial charge in [-0.15, -0.1) is 0 Å². The van der Waals surface area contributed by atoms with Crippen LogP contribution in [0, 0.1) is 46.5 Å². The van der Waals surface area contributed by atoms with Crippen LogP contribution in [0.4, 0.5) is 35.1 Å². The van der Waals surface area contributed by atoms with E-state index in [-0.39, 0.29) is 23.1 Å². The first-order valence-corrected chi connectivity index (χ1v) is 13.8. The molecule has 0 spiro atoms. The Bertz CT molecular complexity index is 2430. The molecule has 3 aromatic heterocycles. The molecular weight excluding hydrogens is 673 g/mol. The Morgan fingerprint density at radius 2 is 0.551 bits per heavy atom. The summed E-state index contributed by atoms with van der Waals surface area (Å²) in [6.07, 6.45) is 0. The summed E-state index contributed by atoms with van der Waals surface area (Å²) in [6.45, 7) is 0. The van der Waals surface area contributed by atoms with E-state index in [1.165, 1.54) is 0 Å². The molecule has 49 heavy (non-hydrogen) atoms. The third-order valence-corrected chi connectivity index (χ3v) is 8.02. The molecule has 0 fully saturated rings. The standard InChI is InChI=1S/C32H8F8N8.Mg/c33-9-1-2-10(34)18-17(9)25-41-26(18)46-28-21-13(37)5-6-14(38)22(21)30(43-28)48-32-24-16(40)8-7-15(39)23(24)31(44-32)47-29-20-12(36)4-3-11(35)19(20)27(42-29)45-25;/h1-8H;/q-2;+2/p+2. The minimum atomic E-state index is -1.02. The van der Waals surface area contributed by atoms with E-state index in [1.807, 2.05) is 0 Å². The van der Waals surface area contributed by atoms with Crippen molar-refractivity contribution < 1.29 is 45.1 Å². The molecule has 0 radical (unpaired) electrons. The van der Waals surface area contributed by atoms with Crippen LogP contribution in [0.3, 0.4) is 0 Å². The SMILES string of the molecule is Fc1ccc(F)c2c1-c1nc3[n-]c(nc4[nH+]c(nc5[n-]c(nc-2[nH+]1)c1c(F)ccc(F)c51)-c1c(F)ccc(F)c1-4)c1c(F)ccc(F)c31.[Mg+2]. The molecule has 5 heterocycles. The molecule has 0 saturated heterocycles. The maximum Gasteiger partial charge on any atom is 2.00 e. The van der Waals surface area contributed by atoms with Crippen LogP contribution < -0.4 is 19.9 Å². The van der Waals surface area contributed by atoms with Gasteiger partial charge in [-0.1, -0.05) is 15.0 Å². The maximum atomic E-state index is 15.3. The molecule has 8 bridgehead atoms. The Morgan fingerprint density at radius 3 is 0.776 bits per heavy atom. The molecule has 2 aliphatic rings. The topological polar surface area (TPSA) is 108 Å². The van der Waals surface area contributed by atoms with Crippen molar-refractivity contribution >= 4 is 67.2 Å². The van der Waals surface area contributed by atoms with Crippen molar-refractivity contribution in [3.05, 3.63) is 95.1 Å². The van der Waals surface area contributed by atoms with E-state index in [4.69, 9.17) is 0 Å². The Kier molecular flexibility index (Phi) is 6.73. The molecule has 0 amide bonds. The average molecular weight is 683 g/mol. The number of rotatable bonds is 0. The number of benzene rings is 4. The molecule has 9 rings (SSSR count). The second kappa shape index (κ2) is 10.7. The number of fused-ring (bicyclic) bond motifs is 20. The summed E-state index contributed by atoms with van der Waals surface area (Å²) in [4.78, 5) is 30.3. The molecule has 8 nitrogen and oxygen atoms in total. The zero-order valence-electron chi connectivity index (χ0n) is 24.0. The van der Waals surface area contributed by atoms with Gasteiger partial charge < -0.3 is 9.97 Å². The van der Waals surface area contributed by atoms with Gasteiger partial charge >= 0.3 is 23.1 Å². The number of aromatic nitrogens is 8. The van der Waals surface area contributed by atoms with Crippen molar-refractivity contribution in [3.63, 3.8) is 0 Å². The fourth-order valence-electron chi connectivity index (χ4n) is 5.99. The fraction of sp³-hybridized carbons (Fsp3) is 0. The van der Waals surface area contributed by atoms with Crippen LogP contribution in [0.15, 0.2) is 48.5 Å². The third-order valence-electron chi connectivity index (χ3n) is 8.02. The van der Waals surface area contributed by atoms with E-state index in [1.54, 1.807) is 0 Å². The minimum Gasteiger partial charge on any atom is -0.331 e. The molecule has 0 aliphatic carbocycles. The zero-order chi connectivity index (χ0) is 33.2. The van der Waals surface area contributed by atoms with Gasteiger partial charge in [-0.05, 0) is 48.5 Å². The number of H-pyrrole nitrogens is 2. The quantitative estimate of drug-likeness (QED) is 0.150.